The van der Waals surface area contributed by atoms with Crippen molar-refractivity contribution in [3.63, 3.8) is 0 Å². The molecule has 1 heterocycles. The van der Waals surface area contributed by atoms with Gasteiger partial charge in [-0.15, -0.1) is 0 Å². The Bertz CT molecular complexity index is 1030. The van der Waals surface area contributed by atoms with Gasteiger partial charge in [-0.05, 0) is 0 Å². The van der Waals surface area contributed by atoms with E-state index in [-0.39, 0.29) is 0 Å². The van der Waals surface area contributed by atoms with Crippen molar-refractivity contribution < 1.29 is 0 Å². The fourth-order valence-corrected chi connectivity index (χ4v) is 27.8. The van der Waals surface area contributed by atoms with Crippen LogP contribution in [0.25, 0.3) is 5.57 Å². The summed E-state index contributed by atoms with van der Waals surface area (Å²) in [5.41, 5.74) is 5.53. The molecule has 0 aromatic heterocycles. The van der Waals surface area contributed by atoms with Crippen molar-refractivity contribution in [2.45, 2.75) is 27.7 Å². The molecule has 0 spiro atoms. The van der Waals surface area contributed by atoms with Gasteiger partial charge in [0, 0.05) is 0 Å². The molecule has 0 saturated heterocycles. The van der Waals surface area contributed by atoms with Gasteiger partial charge < -0.3 is 0 Å². The average Bonchev–Trinajstić information content (AvgIpc) is 2.84. The van der Waals surface area contributed by atoms with Crippen LogP contribution in [-0.4, -0.2) is 137 Å². The number of hydrogen-bond acceptors (Lipinski definition) is 6. The van der Waals surface area contributed by atoms with Crippen molar-refractivity contribution in [1.82, 2.24) is 28.0 Å². The van der Waals surface area contributed by atoms with E-state index in [1.165, 1.54) is 11.1 Å². The minimum absolute atomic E-state index is 1.02. The first-order valence-electron chi connectivity index (χ1n) is 13.0. The van der Waals surface area contributed by atoms with E-state index in [1.807, 2.05) is 0 Å². The van der Waals surface area contributed by atoms with Crippen molar-refractivity contribution >= 4 is 52.2 Å². The van der Waals surface area contributed by atoms with Gasteiger partial charge in [0.15, 0.2) is 0 Å². The molecule has 6 nitrogen and oxygen atoms in total. The second kappa shape index (κ2) is 13.1. The number of nitrogens with zero attached hydrogens (tertiary/aromatic N) is 6. The standard InChI is InChI=1S/C26H51N6P3Se/c1-13-31(14-2)35(36,32(15-3)16-4)26-25(24-20-18-17-19-21-24)22-33(27(5)6,28(7)8)23-34(26,29(9)10)30(11)12/h17-23H,13-16H2,1-12H3. The summed E-state index contributed by atoms with van der Waals surface area (Å²) < 4.78 is 15.5. The SMILES string of the molecule is CCN(CC)P(=[Se])(C1=C(c2ccccc2)C=P(N(C)C)(N(C)C)C=P1(N(C)C)N(C)C)N(CC)CC. The van der Waals surface area contributed by atoms with Gasteiger partial charge in [-0.1, -0.05) is 0 Å². The van der Waals surface area contributed by atoms with Gasteiger partial charge in [0.1, 0.15) is 0 Å². The molecule has 1 aliphatic heterocycles. The van der Waals surface area contributed by atoms with Crippen LogP contribution in [0.2, 0.25) is 0 Å². The second-order valence-electron chi connectivity index (χ2n) is 9.91. The summed E-state index contributed by atoms with van der Waals surface area (Å²) >= 11 is 3.94. The predicted molar refractivity (Wildman–Crippen MR) is 173 cm³/mol. The molecule has 206 valence electrons. The third-order valence-electron chi connectivity index (χ3n) is 7.29. The van der Waals surface area contributed by atoms with Gasteiger partial charge in [0.25, 0.3) is 0 Å². The first-order valence-corrected chi connectivity index (χ1v) is 20.5. The van der Waals surface area contributed by atoms with E-state index in [0.717, 1.165) is 26.2 Å². The summed E-state index contributed by atoms with van der Waals surface area (Å²) in [5, 5.41) is 1.60. The van der Waals surface area contributed by atoms with E-state index in [9.17, 15) is 0 Å². The van der Waals surface area contributed by atoms with E-state index in [1.54, 1.807) is 5.06 Å². The Balaban J connectivity index is 3.40. The zero-order chi connectivity index (χ0) is 27.5. The molecule has 0 radical (unpaired) electrons. The third-order valence-corrected chi connectivity index (χ3v) is 26.6. The zero-order valence-corrected chi connectivity index (χ0v) is 29.2. The van der Waals surface area contributed by atoms with E-state index in [4.69, 9.17) is 0 Å². The van der Waals surface area contributed by atoms with Crippen molar-refractivity contribution in [2.24, 2.45) is 0 Å². The first-order chi connectivity index (χ1) is 16.8. The summed E-state index contributed by atoms with van der Waals surface area (Å²) in [6.07, 6.45) is 0. The maximum atomic E-state index is 3.94. The predicted octanol–water partition coefficient (Wildman–Crippen LogP) is 5.49. The first kappa shape index (κ1) is 32.5. The van der Waals surface area contributed by atoms with Gasteiger partial charge in [0.2, 0.25) is 0 Å². The Kier molecular flexibility index (Phi) is 11.8. The Morgan fingerprint density at radius 3 is 1.42 bits per heavy atom. The molecule has 0 unspecified atom stereocenters. The Hall–Kier alpha value is 0.269. The number of benzene rings is 1. The van der Waals surface area contributed by atoms with Crippen molar-refractivity contribution in [1.29, 1.82) is 0 Å². The van der Waals surface area contributed by atoms with Crippen LogP contribution in [0.5, 0.6) is 0 Å². The molecule has 10 heteroatoms. The van der Waals surface area contributed by atoms with Crippen molar-refractivity contribution in [2.75, 3.05) is 82.6 Å². The van der Waals surface area contributed by atoms with E-state index >= 15 is 0 Å². The summed E-state index contributed by atoms with van der Waals surface area (Å²) in [6.45, 7) is 13.3. The Labute approximate surface area is 230 Å². The van der Waals surface area contributed by atoms with Crippen LogP contribution < -0.4 is 0 Å². The van der Waals surface area contributed by atoms with Crippen LogP contribution in [0.4, 0.5) is 0 Å². The average molecular weight is 620 g/mol. The zero-order valence-electron chi connectivity index (χ0n) is 24.8. The quantitative estimate of drug-likeness (QED) is 0.226. The van der Waals surface area contributed by atoms with Crippen molar-refractivity contribution in [3.05, 3.63) is 41.0 Å². The number of allylic oxidation sites excluding steroid dienone is 1. The normalized spacial score (nSPS) is 18.1. The number of hydrogen-bond donors (Lipinski definition) is 0. The van der Waals surface area contributed by atoms with Crippen LogP contribution in [0.3, 0.4) is 0 Å². The summed E-state index contributed by atoms with van der Waals surface area (Å²) in [6, 6.07) is 11.1. The molecular weight excluding hydrogens is 568 g/mol. The maximum absolute atomic E-state index is 3.94. The van der Waals surface area contributed by atoms with Crippen LogP contribution in [0.1, 0.15) is 33.3 Å². The Morgan fingerprint density at radius 1 is 0.667 bits per heavy atom. The van der Waals surface area contributed by atoms with Crippen LogP contribution in [0.15, 0.2) is 35.4 Å². The molecule has 36 heavy (non-hydrogen) atoms. The van der Waals surface area contributed by atoms with Gasteiger partial charge in [-0.2, -0.15) is 0 Å². The van der Waals surface area contributed by atoms with Gasteiger partial charge >= 0.3 is 231 Å². The molecule has 0 atom stereocenters. The van der Waals surface area contributed by atoms with Crippen molar-refractivity contribution in [3.8, 4) is 0 Å². The monoisotopic (exact) mass is 620 g/mol. The summed E-state index contributed by atoms with van der Waals surface area (Å²) in [5.74, 6) is 0.614. The molecule has 0 amide bonds. The van der Waals surface area contributed by atoms with Gasteiger partial charge in [-0.3, -0.25) is 0 Å². The molecule has 0 fully saturated rings. The number of rotatable bonds is 12. The molecule has 0 aliphatic carbocycles. The van der Waals surface area contributed by atoms with Gasteiger partial charge in [0.05, 0.1) is 0 Å². The molecule has 0 N–H and O–H groups in total. The Morgan fingerprint density at radius 2 is 1.08 bits per heavy atom. The molecule has 1 aromatic rings. The third kappa shape index (κ3) is 5.47. The summed E-state index contributed by atoms with van der Waals surface area (Å²) in [4.78, 5) is 0. The fourth-order valence-electron chi connectivity index (χ4n) is 5.32. The molecular formula is C26H51N6P3Se. The molecule has 1 aliphatic rings. The van der Waals surface area contributed by atoms with Crippen LogP contribution >= 0.6 is 20.2 Å². The molecule has 1 aromatic carbocycles. The van der Waals surface area contributed by atoms with E-state index in [2.05, 4.69) is 169 Å². The van der Waals surface area contributed by atoms with Gasteiger partial charge in [-0.25, -0.2) is 0 Å². The van der Waals surface area contributed by atoms with E-state index in [0.29, 0.717) is 0 Å². The second-order valence-corrected chi connectivity index (χ2v) is 23.7. The summed E-state index contributed by atoms with van der Waals surface area (Å²) in [7, 11) is 14.2. The topological polar surface area (TPSA) is 19.4 Å². The van der Waals surface area contributed by atoms with Crippen LogP contribution in [0, 0.1) is 0 Å². The van der Waals surface area contributed by atoms with Crippen LogP contribution in [-0.2, 0) is 0 Å². The van der Waals surface area contributed by atoms with E-state index < -0.39 is 20.2 Å². The molecule has 0 bridgehead atoms. The minimum atomic E-state index is -2.09. The fraction of sp³-hybridized carbons (Fsp3) is 0.615. The molecule has 2 rings (SSSR count). The molecule has 0 saturated carbocycles.